The lowest BCUT2D eigenvalue weighted by Crippen LogP contribution is -2.13. The molecule has 2 N–H and O–H groups in total. The first-order valence-electron chi connectivity index (χ1n) is 9.46. The number of aromatic amines is 1. The van der Waals surface area contributed by atoms with E-state index in [2.05, 4.69) is 70.7 Å². The molecule has 0 aliphatic carbocycles. The number of anilines is 1. The van der Waals surface area contributed by atoms with Crippen molar-refractivity contribution in [2.45, 2.75) is 32.8 Å². The highest BCUT2D eigenvalue weighted by atomic mass is 16.5. The van der Waals surface area contributed by atoms with E-state index in [9.17, 15) is 4.79 Å². The van der Waals surface area contributed by atoms with E-state index in [1.807, 2.05) is 18.2 Å². The van der Waals surface area contributed by atoms with Crippen LogP contribution in [0.1, 0.15) is 37.5 Å². The Morgan fingerprint density at radius 1 is 1.13 bits per heavy atom. The summed E-state index contributed by atoms with van der Waals surface area (Å²) in [4.78, 5) is 14.8. The van der Waals surface area contributed by atoms with Gasteiger partial charge >= 0.3 is 5.69 Å². The Labute approximate surface area is 175 Å². The molecule has 0 unspecified atom stereocenters. The van der Waals surface area contributed by atoms with Gasteiger partial charge in [-0.25, -0.2) is 9.89 Å². The van der Waals surface area contributed by atoms with Crippen LogP contribution in [-0.2, 0) is 12.0 Å². The van der Waals surface area contributed by atoms with Gasteiger partial charge in [-0.3, -0.25) is 5.43 Å². The van der Waals surface area contributed by atoms with E-state index in [1.165, 1.54) is 11.8 Å². The standard InChI is InChI=1S/C22H25N5O3/c1-22(2,3)17-8-5-15(6-9-17)14-30-18-10-7-16(11-19(18)29-4)12-23-26-20-13-24-27-21(28)25-20/h5-13H,14H2,1-4H3,(H2,25,26,27,28). The van der Waals surface area contributed by atoms with Gasteiger partial charge in [0.05, 0.1) is 19.5 Å². The second kappa shape index (κ2) is 9.21. The molecule has 0 saturated heterocycles. The summed E-state index contributed by atoms with van der Waals surface area (Å²) >= 11 is 0. The van der Waals surface area contributed by atoms with Gasteiger partial charge in [0.25, 0.3) is 0 Å². The van der Waals surface area contributed by atoms with Gasteiger partial charge < -0.3 is 9.47 Å². The molecular weight excluding hydrogens is 382 g/mol. The molecule has 0 fully saturated rings. The lowest BCUT2D eigenvalue weighted by atomic mass is 9.87. The van der Waals surface area contributed by atoms with Crippen molar-refractivity contribution in [2.75, 3.05) is 12.5 Å². The Hall–Kier alpha value is -3.68. The molecule has 2 aromatic carbocycles. The zero-order valence-corrected chi connectivity index (χ0v) is 17.5. The number of methoxy groups -OCH3 is 1. The number of rotatable bonds is 7. The first-order valence-corrected chi connectivity index (χ1v) is 9.46. The van der Waals surface area contributed by atoms with Crippen LogP contribution in [0.4, 0.5) is 5.82 Å². The van der Waals surface area contributed by atoms with Gasteiger partial charge in [0.1, 0.15) is 6.61 Å². The predicted octanol–water partition coefficient (Wildman–Crippen LogP) is 3.50. The highest BCUT2D eigenvalue weighted by Gasteiger charge is 2.13. The lowest BCUT2D eigenvalue weighted by Gasteiger charge is -2.19. The van der Waals surface area contributed by atoms with Crippen molar-refractivity contribution in [1.29, 1.82) is 0 Å². The van der Waals surface area contributed by atoms with Crippen LogP contribution in [0.5, 0.6) is 11.5 Å². The largest absolute Gasteiger partial charge is 0.493 e. The molecule has 0 bridgehead atoms. The number of aromatic nitrogens is 3. The van der Waals surface area contributed by atoms with Crippen LogP contribution in [0.15, 0.2) is 58.6 Å². The molecule has 0 aliphatic rings. The summed E-state index contributed by atoms with van der Waals surface area (Å²) in [5, 5.41) is 9.89. The van der Waals surface area contributed by atoms with Gasteiger partial charge in [-0.1, -0.05) is 45.0 Å². The first-order chi connectivity index (χ1) is 14.3. The van der Waals surface area contributed by atoms with Gasteiger partial charge in [0.2, 0.25) is 0 Å². The lowest BCUT2D eigenvalue weighted by molar-refractivity contribution is 0.284. The molecule has 0 atom stereocenters. The minimum absolute atomic E-state index is 0.123. The van der Waals surface area contributed by atoms with Crippen molar-refractivity contribution in [2.24, 2.45) is 5.10 Å². The summed E-state index contributed by atoms with van der Waals surface area (Å²) in [5.74, 6) is 1.49. The van der Waals surface area contributed by atoms with Crippen LogP contribution in [0, 0.1) is 0 Å². The summed E-state index contributed by atoms with van der Waals surface area (Å²) in [6.07, 6.45) is 2.95. The second-order valence-electron chi connectivity index (χ2n) is 7.69. The Morgan fingerprint density at radius 3 is 2.57 bits per heavy atom. The number of ether oxygens (including phenoxy) is 2. The maximum Gasteiger partial charge on any atom is 0.363 e. The van der Waals surface area contributed by atoms with Crippen LogP contribution < -0.4 is 20.6 Å². The highest BCUT2D eigenvalue weighted by Crippen LogP contribution is 2.29. The van der Waals surface area contributed by atoms with E-state index < -0.39 is 5.69 Å². The van der Waals surface area contributed by atoms with Crippen LogP contribution >= 0.6 is 0 Å². The van der Waals surface area contributed by atoms with E-state index in [0.29, 0.717) is 18.1 Å². The minimum Gasteiger partial charge on any atom is -0.493 e. The number of hydrogen-bond acceptors (Lipinski definition) is 7. The van der Waals surface area contributed by atoms with E-state index >= 15 is 0 Å². The fraction of sp³-hybridized carbons (Fsp3) is 0.273. The SMILES string of the molecule is COc1cc(C=NNc2cn[nH]c(=O)n2)ccc1OCc1ccc(C(C)(C)C)cc1. The number of H-pyrrole nitrogens is 1. The zero-order valence-electron chi connectivity index (χ0n) is 17.5. The molecule has 3 rings (SSSR count). The Kier molecular flexibility index (Phi) is 6.46. The quantitative estimate of drug-likeness (QED) is 0.459. The minimum atomic E-state index is -0.550. The number of nitrogens with one attached hydrogen (secondary N) is 2. The van der Waals surface area contributed by atoms with Gasteiger partial charge in [0, 0.05) is 0 Å². The molecule has 0 spiro atoms. The molecule has 0 amide bonds. The zero-order chi connectivity index (χ0) is 21.6. The molecule has 1 aromatic heterocycles. The van der Waals surface area contributed by atoms with Crippen molar-refractivity contribution in [3.05, 3.63) is 75.8 Å². The average Bonchev–Trinajstić information content (AvgIpc) is 2.72. The topological polar surface area (TPSA) is 101 Å². The summed E-state index contributed by atoms with van der Waals surface area (Å²) in [6.45, 7) is 7.01. The van der Waals surface area contributed by atoms with E-state index in [1.54, 1.807) is 13.3 Å². The summed E-state index contributed by atoms with van der Waals surface area (Å²) in [7, 11) is 1.59. The van der Waals surface area contributed by atoms with Crippen molar-refractivity contribution in [1.82, 2.24) is 15.2 Å². The Morgan fingerprint density at radius 2 is 1.90 bits per heavy atom. The fourth-order valence-corrected chi connectivity index (χ4v) is 2.68. The molecule has 0 aliphatic heterocycles. The molecule has 0 radical (unpaired) electrons. The van der Waals surface area contributed by atoms with Gasteiger partial charge in [-0.05, 0) is 40.3 Å². The van der Waals surface area contributed by atoms with Crippen molar-refractivity contribution in [3.8, 4) is 11.5 Å². The smallest absolute Gasteiger partial charge is 0.363 e. The summed E-state index contributed by atoms with van der Waals surface area (Å²) in [5.41, 5.74) is 5.38. The van der Waals surface area contributed by atoms with Gasteiger partial charge in [-0.15, -0.1) is 0 Å². The van der Waals surface area contributed by atoms with Crippen LogP contribution in [0.3, 0.4) is 0 Å². The van der Waals surface area contributed by atoms with Crippen molar-refractivity contribution >= 4 is 12.0 Å². The Bertz CT molecular complexity index is 1070. The number of benzene rings is 2. The summed E-state index contributed by atoms with van der Waals surface area (Å²) in [6, 6.07) is 13.9. The maximum absolute atomic E-state index is 11.1. The molecule has 8 heteroatoms. The molecule has 3 aromatic rings. The molecule has 156 valence electrons. The molecule has 8 nitrogen and oxygen atoms in total. The third-order valence-corrected chi connectivity index (χ3v) is 4.36. The maximum atomic E-state index is 11.1. The number of hydrogen-bond donors (Lipinski definition) is 2. The second-order valence-corrected chi connectivity index (χ2v) is 7.69. The highest BCUT2D eigenvalue weighted by molar-refractivity contribution is 5.81. The number of hydrazone groups is 1. The normalized spacial score (nSPS) is 11.5. The van der Waals surface area contributed by atoms with Crippen LogP contribution in [0.25, 0.3) is 0 Å². The molecular formula is C22H25N5O3. The average molecular weight is 407 g/mol. The first kappa shape index (κ1) is 21.0. The van der Waals surface area contributed by atoms with Crippen molar-refractivity contribution < 1.29 is 9.47 Å². The third kappa shape index (κ3) is 5.66. The van der Waals surface area contributed by atoms with E-state index in [-0.39, 0.29) is 11.2 Å². The third-order valence-electron chi connectivity index (χ3n) is 4.36. The Balaban J connectivity index is 1.63. The predicted molar refractivity (Wildman–Crippen MR) is 116 cm³/mol. The van der Waals surface area contributed by atoms with Gasteiger partial charge in [0.15, 0.2) is 17.3 Å². The van der Waals surface area contributed by atoms with E-state index in [0.717, 1.165) is 11.1 Å². The van der Waals surface area contributed by atoms with E-state index in [4.69, 9.17) is 9.47 Å². The fourth-order valence-electron chi connectivity index (χ4n) is 2.68. The van der Waals surface area contributed by atoms with Crippen LogP contribution in [-0.4, -0.2) is 28.5 Å². The van der Waals surface area contributed by atoms with Gasteiger partial charge in [-0.2, -0.15) is 15.2 Å². The summed E-state index contributed by atoms with van der Waals surface area (Å²) < 4.78 is 11.4. The molecule has 1 heterocycles. The molecule has 30 heavy (non-hydrogen) atoms. The number of nitrogens with zero attached hydrogens (tertiary/aromatic N) is 3. The monoisotopic (exact) mass is 407 g/mol. The van der Waals surface area contributed by atoms with Crippen LogP contribution in [0.2, 0.25) is 0 Å². The van der Waals surface area contributed by atoms with Crippen molar-refractivity contribution in [3.63, 3.8) is 0 Å². The molecule has 0 saturated carbocycles.